The molecule has 1 unspecified atom stereocenters. The van der Waals surface area contributed by atoms with Crippen molar-refractivity contribution >= 4 is 39.7 Å². The molecule has 2 amide bonds. The van der Waals surface area contributed by atoms with E-state index < -0.39 is 12.0 Å². The molecule has 3 aromatic carbocycles. The second-order valence-corrected chi connectivity index (χ2v) is 7.15. The van der Waals surface area contributed by atoms with Crippen molar-refractivity contribution in [2.45, 2.75) is 20.0 Å². The standard InChI is InChI=1S/C23H20N2O5/c1-13(26)15-9-10-21-19(11-15)25(23(29)14(2)30-21)12-22(28)24-18-7-3-6-17-16(18)5-4-8-20(17)27/h3-11,14,27H,12H2,1-2H3,(H,24,28). The van der Waals surface area contributed by atoms with Crippen molar-refractivity contribution in [3.05, 3.63) is 60.2 Å². The first-order valence-corrected chi connectivity index (χ1v) is 9.48. The van der Waals surface area contributed by atoms with Gasteiger partial charge in [0.15, 0.2) is 11.9 Å². The van der Waals surface area contributed by atoms with Crippen LogP contribution in [0.5, 0.6) is 11.5 Å². The van der Waals surface area contributed by atoms with Crippen LogP contribution in [0.25, 0.3) is 10.8 Å². The lowest BCUT2D eigenvalue weighted by Gasteiger charge is -2.32. The van der Waals surface area contributed by atoms with Crippen LogP contribution in [0, 0.1) is 0 Å². The Kier molecular flexibility index (Phi) is 4.87. The van der Waals surface area contributed by atoms with Gasteiger partial charge in [-0.3, -0.25) is 19.3 Å². The van der Waals surface area contributed by atoms with E-state index in [-0.39, 0.29) is 24.0 Å². The highest BCUT2D eigenvalue weighted by Crippen LogP contribution is 2.35. The number of amides is 2. The number of anilines is 2. The molecule has 0 aliphatic carbocycles. The van der Waals surface area contributed by atoms with Crippen LogP contribution in [0.4, 0.5) is 11.4 Å². The van der Waals surface area contributed by atoms with Crippen molar-refractivity contribution in [3.63, 3.8) is 0 Å². The number of ketones is 1. The fraction of sp³-hybridized carbons (Fsp3) is 0.174. The Hall–Kier alpha value is -3.87. The maximum Gasteiger partial charge on any atom is 0.268 e. The van der Waals surface area contributed by atoms with E-state index in [4.69, 9.17) is 4.74 Å². The van der Waals surface area contributed by atoms with Gasteiger partial charge in [-0.1, -0.05) is 24.3 Å². The monoisotopic (exact) mass is 404 g/mol. The smallest absolute Gasteiger partial charge is 0.268 e. The Morgan fingerprint density at radius 1 is 1.10 bits per heavy atom. The van der Waals surface area contributed by atoms with Gasteiger partial charge in [0.25, 0.3) is 5.91 Å². The Morgan fingerprint density at radius 2 is 1.83 bits per heavy atom. The van der Waals surface area contributed by atoms with E-state index in [0.29, 0.717) is 33.5 Å². The van der Waals surface area contributed by atoms with Gasteiger partial charge in [-0.15, -0.1) is 0 Å². The summed E-state index contributed by atoms with van der Waals surface area (Å²) in [5, 5.41) is 14.1. The number of fused-ring (bicyclic) bond motifs is 2. The minimum Gasteiger partial charge on any atom is -0.507 e. The summed E-state index contributed by atoms with van der Waals surface area (Å²) in [6.07, 6.45) is -0.747. The van der Waals surface area contributed by atoms with E-state index in [1.165, 1.54) is 11.8 Å². The Morgan fingerprint density at radius 3 is 2.60 bits per heavy atom. The molecule has 1 heterocycles. The van der Waals surface area contributed by atoms with Gasteiger partial charge in [-0.2, -0.15) is 0 Å². The molecule has 4 rings (SSSR count). The molecule has 0 fully saturated rings. The zero-order valence-corrected chi connectivity index (χ0v) is 16.5. The predicted molar refractivity (Wildman–Crippen MR) is 113 cm³/mol. The number of hydrogen-bond acceptors (Lipinski definition) is 5. The predicted octanol–water partition coefficient (Wildman–Crippen LogP) is 3.50. The topological polar surface area (TPSA) is 95.9 Å². The van der Waals surface area contributed by atoms with Crippen molar-refractivity contribution in [2.75, 3.05) is 16.8 Å². The highest BCUT2D eigenvalue weighted by atomic mass is 16.5. The van der Waals surface area contributed by atoms with Crippen molar-refractivity contribution in [1.29, 1.82) is 0 Å². The number of carbonyl (C=O) groups is 3. The van der Waals surface area contributed by atoms with E-state index in [1.807, 2.05) is 0 Å². The maximum absolute atomic E-state index is 12.8. The van der Waals surface area contributed by atoms with E-state index >= 15 is 0 Å². The molecule has 0 radical (unpaired) electrons. The van der Waals surface area contributed by atoms with Crippen LogP contribution in [0.15, 0.2) is 54.6 Å². The van der Waals surface area contributed by atoms with Crippen molar-refractivity contribution in [2.24, 2.45) is 0 Å². The number of benzene rings is 3. The molecule has 7 nitrogen and oxygen atoms in total. The summed E-state index contributed by atoms with van der Waals surface area (Å²) >= 11 is 0. The molecule has 30 heavy (non-hydrogen) atoms. The van der Waals surface area contributed by atoms with Crippen LogP contribution < -0.4 is 15.0 Å². The average Bonchev–Trinajstić information content (AvgIpc) is 2.72. The summed E-state index contributed by atoms with van der Waals surface area (Å²) in [5.74, 6) is -0.369. The molecule has 1 atom stereocenters. The van der Waals surface area contributed by atoms with Gasteiger partial charge in [0.2, 0.25) is 5.91 Å². The lowest BCUT2D eigenvalue weighted by Crippen LogP contribution is -2.47. The summed E-state index contributed by atoms with van der Waals surface area (Å²) in [6, 6.07) is 15.1. The third-order valence-corrected chi connectivity index (χ3v) is 5.05. The number of rotatable bonds is 4. The Labute approximate surface area is 172 Å². The SMILES string of the molecule is CC(=O)c1ccc2c(c1)N(CC(=O)Nc1cccc3c(O)cccc13)C(=O)C(C)O2. The first-order chi connectivity index (χ1) is 14.3. The number of phenols is 1. The van der Waals surface area contributed by atoms with Crippen LogP contribution in [-0.4, -0.2) is 35.4 Å². The number of ether oxygens (including phenoxy) is 1. The number of hydrogen-bond donors (Lipinski definition) is 2. The molecule has 3 aromatic rings. The van der Waals surface area contributed by atoms with Crippen LogP contribution in [-0.2, 0) is 9.59 Å². The second-order valence-electron chi connectivity index (χ2n) is 7.15. The van der Waals surface area contributed by atoms with Gasteiger partial charge in [0, 0.05) is 22.0 Å². The maximum atomic E-state index is 12.8. The zero-order chi connectivity index (χ0) is 21.4. The molecule has 152 valence electrons. The van der Waals surface area contributed by atoms with Gasteiger partial charge in [0.1, 0.15) is 18.0 Å². The summed E-state index contributed by atoms with van der Waals surface area (Å²) in [5.41, 5.74) is 1.34. The minimum absolute atomic E-state index is 0.117. The average molecular weight is 404 g/mol. The molecule has 2 N–H and O–H groups in total. The fourth-order valence-corrected chi connectivity index (χ4v) is 3.52. The lowest BCUT2D eigenvalue weighted by atomic mass is 10.1. The number of nitrogens with zero attached hydrogens (tertiary/aromatic N) is 1. The Balaban J connectivity index is 1.64. The number of aromatic hydroxyl groups is 1. The van der Waals surface area contributed by atoms with Crippen molar-refractivity contribution < 1.29 is 24.2 Å². The summed E-state index contributed by atoms with van der Waals surface area (Å²) in [4.78, 5) is 38.6. The molecule has 0 aromatic heterocycles. The van der Waals surface area contributed by atoms with E-state index in [1.54, 1.807) is 61.5 Å². The largest absolute Gasteiger partial charge is 0.507 e. The van der Waals surface area contributed by atoms with Crippen molar-refractivity contribution in [1.82, 2.24) is 0 Å². The first kappa shape index (κ1) is 19.4. The summed E-state index contributed by atoms with van der Waals surface area (Å²) in [6.45, 7) is 2.81. The van der Waals surface area contributed by atoms with Crippen molar-refractivity contribution in [3.8, 4) is 11.5 Å². The van der Waals surface area contributed by atoms with E-state index in [0.717, 1.165) is 0 Å². The van der Waals surface area contributed by atoms with Gasteiger partial charge >= 0.3 is 0 Å². The van der Waals surface area contributed by atoms with Crippen LogP contribution in [0.1, 0.15) is 24.2 Å². The van der Waals surface area contributed by atoms with Crippen LogP contribution in [0.3, 0.4) is 0 Å². The summed E-state index contributed by atoms with van der Waals surface area (Å²) in [7, 11) is 0. The van der Waals surface area contributed by atoms with Gasteiger partial charge < -0.3 is 15.2 Å². The molecular formula is C23H20N2O5. The highest BCUT2D eigenvalue weighted by molar-refractivity contribution is 6.09. The molecule has 0 bridgehead atoms. The second kappa shape index (κ2) is 7.51. The highest BCUT2D eigenvalue weighted by Gasteiger charge is 2.33. The van der Waals surface area contributed by atoms with Crippen LogP contribution >= 0.6 is 0 Å². The molecule has 0 spiro atoms. The van der Waals surface area contributed by atoms with Gasteiger partial charge in [-0.05, 0) is 44.2 Å². The van der Waals surface area contributed by atoms with Gasteiger partial charge in [-0.25, -0.2) is 0 Å². The first-order valence-electron chi connectivity index (χ1n) is 9.48. The van der Waals surface area contributed by atoms with E-state index in [2.05, 4.69) is 5.32 Å². The zero-order valence-electron chi connectivity index (χ0n) is 16.5. The Bertz CT molecular complexity index is 1190. The molecule has 7 heteroatoms. The molecule has 1 aliphatic heterocycles. The number of nitrogens with one attached hydrogen (secondary N) is 1. The third-order valence-electron chi connectivity index (χ3n) is 5.05. The molecule has 0 saturated carbocycles. The number of phenolic OH excluding ortho intramolecular Hbond substituents is 1. The molecule has 0 saturated heterocycles. The summed E-state index contributed by atoms with van der Waals surface area (Å²) < 4.78 is 5.62. The molecular weight excluding hydrogens is 384 g/mol. The third kappa shape index (κ3) is 3.45. The van der Waals surface area contributed by atoms with Gasteiger partial charge in [0.05, 0.1) is 5.69 Å². The normalized spacial score (nSPS) is 15.5. The lowest BCUT2D eigenvalue weighted by molar-refractivity contribution is -0.127. The fourth-order valence-electron chi connectivity index (χ4n) is 3.52. The number of carbonyl (C=O) groups excluding carboxylic acids is 3. The van der Waals surface area contributed by atoms with Crippen LogP contribution in [0.2, 0.25) is 0 Å². The number of Topliss-reactive ketones (excluding diaryl/α,β-unsaturated/α-hetero) is 1. The van der Waals surface area contributed by atoms with E-state index in [9.17, 15) is 19.5 Å². The quantitative estimate of drug-likeness (QED) is 0.649. The molecule has 1 aliphatic rings. The minimum atomic E-state index is -0.747.